The highest BCUT2D eigenvalue weighted by molar-refractivity contribution is 6.30. The van der Waals surface area contributed by atoms with Crippen LogP contribution >= 0.6 is 11.6 Å². The molecule has 1 nitrogen and oxygen atoms in total. The highest BCUT2D eigenvalue weighted by atomic mass is 35.5. The summed E-state index contributed by atoms with van der Waals surface area (Å²) >= 11 is 5.93. The molecule has 0 radical (unpaired) electrons. The van der Waals surface area contributed by atoms with Crippen molar-refractivity contribution < 1.29 is 0 Å². The van der Waals surface area contributed by atoms with E-state index in [-0.39, 0.29) is 0 Å². The van der Waals surface area contributed by atoms with Crippen molar-refractivity contribution in [3.63, 3.8) is 0 Å². The minimum Gasteiger partial charge on any atom is -0.312 e. The quantitative estimate of drug-likeness (QED) is 0.813. The monoisotopic (exact) mass is 239 g/mol. The van der Waals surface area contributed by atoms with E-state index in [2.05, 4.69) is 39.1 Å². The first kappa shape index (κ1) is 13.5. The van der Waals surface area contributed by atoms with Gasteiger partial charge in [0.1, 0.15) is 0 Å². The van der Waals surface area contributed by atoms with E-state index >= 15 is 0 Å². The van der Waals surface area contributed by atoms with Crippen molar-refractivity contribution in [3.8, 4) is 0 Å². The molecular weight excluding hydrogens is 218 g/mol. The fourth-order valence-electron chi connectivity index (χ4n) is 1.52. The second-order valence-electron chi connectivity index (χ2n) is 5.19. The topological polar surface area (TPSA) is 12.0 Å². The van der Waals surface area contributed by atoms with E-state index in [0.717, 1.165) is 18.1 Å². The van der Waals surface area contributed by atoms with Crippen molar-refractivity contribution in [2.24, 2.45) is 5.41 Å². The van der Waals surface area contributed by atoms with Crippen molar-refractivity contribution in [2.45, 2.75) is 40.7 Å². The molecule has 2 heteroatoms. The van der Waals surface area contributed by atoms with Gasteiger partial charge in [0.25, 0.3) is 0 Å². The third-order valence-electron chi connectivity index (χ3n) is 3.18. The van der Waals surface area contributed by atoms with Gasteiger partial charge in [0.2, 0.25) is 0 Å². The van der Waals surface area contributed by atoms with Crippen LogP contribution < -0.4 is 5.32 Å². The molecule has 0 bridgehead atoms. The van der Waals surface area contributed by atoms with Gasteiger partial charge in [-0.05, 0) is 42.0 Å². The van der Waals surface area contributed by atoms with Gasteiger partial charge < -0.3 is 5.32 Å². The molecule has 0 saturated heterocycles. The fourth-order valence-corrected chi connectivity index (χ4v) is 1.74. The molecule has 0 saturated carbocycles. The number of aryl methyl sites for hydroxylation is 1. The molecular formula is C14H22ClN. The van der Waals surface area contributed by atoms with Crippen molar-refractivity contribution in [1.82, 2.24) is 5.32 Å². The molecule has 0 unspecified atom stereocenters. The van der Waals surface area contributed by atoms with Gasteiger partial charge >= 0.3 is 0 Å². The van der Waals surface area contributed by atoms with E-state index in [1.165, 1.54) is 17.5 Å². The van der Waals surface area contributed by atoms with Gasteiger partial charge in [-0.2, -0.15) is 0 Å². The van der Waals surface area contributed by atoms with Crippen molar-refractivity contribution in [3.05, 3.63) is 34.3 Å². The van der Waals surface area contributed by atoms with E-state index in [1.54, 1.807) is 0 Å². The Bertz CT molecular complexity index is 345. The minimum atomic E-state index is 0.375. The lowest BCUT2D eigenvalue weighted by Gasteiger charge is -2.23. The van der Waals surface area contributed by atoms with Crippen molar-refractivity contribution >= 4 is 11.6 Å². The van der Waals surface area contributed by atoms with Gasteiger partial charge in [0.15, 0.2) is 0 Å². The zero-order chi connectivity index (χ0) is 12.2. The lowest BCUT2D eigenvalue weighted by Crippen LogP contribution is -2.28. The lowest BCUT2D eigenvalue weighted by molar-refractivity contribution is 0.327. The van der Waals surface area contributed by atoms with Crippen LogP contribution in [0.2, 0.25) is 5.02 Å². The first-order valence-electron chi connectivity index (χ1n) is 5.90. The predicted molar refractivity (Wildman–Crippen MR) is 72.0 cm³/mol. The average Bonchev–Trinajstić information content (AvgIpc) is 2.21. The average molecular weight is 240 g/mol. The van der Waals surface area contributed by atoms with Crippen molar-refractivity contribution in [1.29, 1.82) is 0 Å². The lowest BCUT2D eigenvalue weighted by atomic mass is 9.90. The summed E-state index contributed by atoms with van der Waals surface area (Å²) in [6, 6.07) is 6.07. The summed E-state index contributed by atoms with van der Waals surface area (Å²) in [7, 11) is 0. The Balaban J connectivity index is 2.49. The second kappa shape index (κ2) is 5.70. The fraction of sp³-hybridized carbons (Fsp3) is 0.571. The number of halogens is 1. The van der Waals surface area contributed by atoms with E-state index in [4.69, 9.17) is 11.6 Å². The number of hydrogen-bond donors (Lipinski definition) is 1. The second-order valence-corrected chi connectivity index (χ2v) is 5.63. The van der Waals surface area contributed by atoms with E-state index in [9.17, 15) is 0 Å². The third kappa shape index (κ3) is 4.15. The predicted octanol–water partition coefficient (Wildman–Crippen LogP) is 4.17. The van der Waals surface area contributed by atoms with Crippen LogP contribution in [0.3, 0.4) is 0 Å². The maximum absolute atomic E-state index is 5.93. The van der Waals surface area contributed by atoms with Crippen LogP contribution in [0.5, 0.6) is 0 Å². The molecule has 16 heavy (non-hydrogen) atoms. The van der Waals surface area contributed by atoms with Gasteiger partial charge in [-0.15, -0.1) is 0 Å². The first-order chi connectivity index (χ1) is 7.44. The molecule has 0 spiro atoms. The maximum atomic E-state index is 5.93. The Morgan fingerprint density at radius 3 is 2.56 bits per heavy atom. The SMILES string of the molecule is CCC(C)(C)CNCc1ccc(Cl)cc1C. The number of rotatable bonds is 5. The summed E-state index contributed by atoms with van der Waals surface area (Å²) in [6.07, 6.45) is 1.19. The van der Waals surface area contributed by atoms with Crippen LogP contribution in [0.25, 0.3) is 0 Å². The largest absolute Gasteiger partial charge is 0.312 e. The van der Waals surface area contributed by atoms with Gasteiger partial charge in [-0.1, -0.05) is 38.4 Å². The Morgan fingerprint density at radius 1 is 1.31 bits per heavy atom. The van der Waals surface area contributed by atoms with Crippen LogP contribution in [0.4, 0.5) is 0 Å². The molecule has 0 aliphatic rings. The molecule has 0 amide bonds. The van der Waals surface area contributed by atoms with Gasteiger partial charge in [0, 0.05) is 18.1 Å². The molecule has 0 heterocycles. The summed E-state index contributed by atoms with van der Waals surface area (Å²) < 4.78 is 0. The van der Waals surface area contributed by atoms with Gasteiger partial charge in [-0.25, -0.2) is 0 Å². The summed E-state index contributed by atoms with van der Waals surface area (Å²) in [5, 5.41) is 4.33. The standard InChI is InChI=1S/C14H22ClN/c1-5-14(3,4)10-16-9-12-6-7-13(15)8-11(12)2/h6-8,16H,5,9-10H2,1-4H3. The molecule has 1 N–H and O–H groups in total. The van der Waals surface area contributed by atoms with E-state index in [0.29, 0.717) is 5.41 Å². The highest BCUT2D eigenvalue weighted by Crippen LogP contribution is 2.19. The van der Waals surface area contributed by atoms with E-state index < -0.39 is 0 Å². The van der Waals surface area contributed by atoms with Gasteiger partial charge in [0.05, 0.1) is 0 Å². The number of hydrogen-bond acceptors (Lipinski definition) is 1. The maximum Gasteiger partial charge on any atom is 0.0408 e. The smallest absolute Gasteiger partial charge is 0.0408 e. The Hall–Kier alpha value is -0.530. The van der Waals surface area contributed by atoms with Crippen LogP contribution in [-0.4, -0.2) is 6.54 Å². The normalized spacial score (nSPS) is 11.8. The molecule has 1 rings (SSSR count). The number of benzene rings is 1. The molecule has 0 aliphatic heterocycles. The molecule has 0 aromatic heterocycles. The summed E-state index contributed by atoms with van der Waals surface area (Å²) in [6.45, 7) is 10.9. The minimum absolute atomic E-state index is 0.375. The summed E-state index contributed by atoms with van der Waals surface area (Å²) in [5.74, 6) is 0. The van der Waals surface area contributed by atoms with Crippen molar-refractivity contribution in [2.75, 3.05) is 6.54 Å². The highest BCUT2D eigenvalue weighted by Gasteiger charge is 2.13. The van der Waals surface area contributed by atoms with Crippen LogP contribution in [0.1, 0.15) is 38.3 Å². The molecule has 90 valence electrons. The summed E-state index contributed by atoms with van der Waals surface area (Å²) in [4.78, 5) is 0. The van der Waals surface area contributed by atoms with E-state index in [1.807, 2.05) is 12.1 Å². The van der Waals surface area contributed by atoms with Crippen LogP contribution in [0.15, 0.2) is 18.2 Å². The first-order valence-corrected chi connectivity index (χ1v) is 6.28. The third-order valence-corrected chi connectivity index (χ3v) is 3.42. The van der Waals surface area contributed by atoms with Gasteiger partial charge in [-0.3, -0.25) is 0 Å². The molecule has 0 fully saturated rings. The van der Waals surface area contributed by atoms with Crippen LogP contribution in [-0.2, 0) is 6.54 Å². The molecule has 1 aromatic rings. The Kier molecular flexibility index (Phi) is 4.82. The zero-order valence-corrected chi connectivity index (χ0v) is 11.5. The number of nitrogens with one attached hydrogen (secondary N) is 1. The Labute approximate surface area is 104 Å². The van der Waals surface area contributed by atoms with Crippen LogP contribution in [0, 0.1) is 12.3 Å². The molecule has 1 aromatic carbocycles. The molecule has 0 atom stereocenters. The summed E-state index contributed by atoms with van der Waals surface area (Å²) in [5.41, 5.74) is 2.96. The molecule has 0 aliphatic carbocycles. The Morgan fingerprint density at radius 2 is 2.00 bits per heavy atom. The zero-order valence-electron chi connectivity index (χ0n) is 10.7.